The highest BCUT2D eigenvalue weighted by molar-refractivity contribution is 7.09. The standard InChI is InChI=1S/C22H24N6OS/c1-16-26-18(15-30-16)5-6-22(29)28-10-7-17(8-11-28)12-19-13-25-21(14-24-19)27-20-4-2-3-9-23-20/h2-6,9,13-15,17H,7-8,10-12H2,1H3,(H,23,25,27)/b6-5+. The maximum absolute atomic E-state index is 12.4. The second-order valence-corrected chi connectivity index (χ2v) is 8.39. The molecule has 0 saturated carbocycles. The smallest absolute Gasteiger partial charge is 0.246 e. The number of rotatable bonds is 6. The Labute approximate surface area is 179 Å². The number of hydrogen-bond donors (Lipinski definition) is 1. The predicted molar refractivity (Wildman–Crippen MR) is 118 cm³/mol. The van der Waals surface area contributed by atoms with Crippen molar-refractivity contribution in [3.8, 4) is 0 Å². The van der Waals surface area contributed by atoms with Crippen molar-refractivity contribution in [2.24, 2.45) is 5.92 Å². The first kappa shape index (κ1) is 20.2. The first-order chi connectivity index (χ1) is 14.7. The number of aromatic nitrogens is 4. The lowest BCUT2D eigenvalue weighted by molar-refractivity contribution is -0.127. The van der Waals surface area contributed by atoms with Crippen molar-refractivity contribution >= 4 is 35.0 Å². The fourth-order valence-corrected chi connectivity index (χ4v) is 4.05. The van der Waals surface area contributed by atoms with Crippen LogP contribution in [0.2, 0.25) is 0 Å². The van der Waals surface area contributed by atoms with Crippen LogP contribution >= 0.6 is 11.3 Å². The molecule has 0 bridgehead atoms. The number of carbonyl (C=O) groups is 1. The number of nitrogens with one attached hydrogen (secondary N) is 1. The number of carbonyl (C=O) groups excluding carboxylic acids is 1. The van der Waals surface area contributed by atoms with Crippen LogP contribution in [0.15, 0.2) is 48.2 Å². The third kappa shape index (κ3) is 5.48. The zero-order valence-electron chi connectivity index (χ0n) is 16.9. The number of nitrogens with zero attached hydrogens (tertiary/aromatic N) is 5. The molecular formula is C22H24N6OS. The van der Waals surface area contributed by atoms with E-state index in [1.807, 2.05) is 41.6 Å². The summed E-state index contributed by atoms with van der Waals surface area (Å²) >= 11 is 1.59. The quantitative estimate of drug-likeness (QED) is 0.610. The van der Waals surface area contributed by atoms with Crippen LogP contribution in [-0.4, -0.2) is 43.8 Å². The lowest BCUT2D eigenvalue weighted by atomic mass is 9.92. The second-order valence-electron chi connectivity index (χ2n) is 7.33. The second kappa shape index (κ2) is 9.58. The highest BCUT2D eigenvalue weighted by Gasteiger charge is 2.22. The van der Waals surface area contributed by atoms with Crippen LogP contribution in [0.1, 0.15) is 29.2 Å². The molecule has 154 valence electrons. The maximum atomic E-state index is 12.4. The summed E-state index contributed by atoms with van der Waals surface area (Å²) in [5.41, 5.74) is 1.82. The van der Waals surface area contributed by atoms with Gasteiger partial charge in [0.25, 0.3) is 0 Å². The molecule has 4 rings (SSSR count). The van der Waals surface area contributed by atoms with E-state index in [1.54, 1.807) is 35.9 Å². The van der Waals surface area contributed by atoms with Gasteiger partial charge in [0.15, 0.2) is 0 Å². The molecule has 0 radical (unpaired) electrons. The Morgan fingerprint density at radius 1 is 1.20 bits per heavy atom. The van der Waals surface area contributed by atoms with E-state index in [4.69, 9.17) is 0 Å². The van der Waals surface area contributed by atoms with Crippen molar-refractivity contribution in [3.63, 3.8) is 0 Å². The first-order valence-corrected chi connectivity index (χ1v) is 10.9. The average Bonchev–Trinajstić information content (AvgIpc) is 3.20. The predicted octanol–water partition coefficient (Wildman–Crippen LogP) is 3.87. The summed E-state index contributed by atoms with van der Waals surface area (Å²) in [6.07, 6.45) is 11.6. The summed E-state index contributed by atoms with van der Waals surface area (Å²) in [6.45, 7) is 3.51. The molecule has 30 heavy (non-hydrogen) atoms. The van der Waals surface area contributed by atoms with Gasteiger partial charge in [0, 0.05) is 30.7 Å². The number of anilines is 2. The van der Waals surface area contributed by atoms with E-state index >= 15 is 0 Å². The van der Waals surface area contributed by atoms with Crippen molar-refractivity contribution < 1.29 is 4.79 Å². The largest absolute Gasteiger partial charge is 0.339 e. The van der Waals surface area contributed by atoms with Gasteiger partial charge in [-0.25, -0.2) is 15.0 Å². The normalized spacial score (nSPS) is 14.9. The van der Waals surface area contributed by atoms with E-state index < -0.39 is 0 Å². The first-order valence-electron chi connectivity index (χ1n) is 10.0. The molecule has 3 aromatic heterocycles. The highest BCUT2D eigenvalue weighted by Crippen LogP contribution is 2.22. The lowest BCUT2D eigenvalue weighted by Gasteiger charge is -2.31. The van der Waals surface area contributed by atoms with Gasteiger partial charge in [0.05, 0.1) is 28.8 Å². The third-order valence-electron chi connectivity index (χ3n) is 5.08. The molecule has 8 heteroatoms. The lowest BCUT2D eigenvalue weighted by Crippen LogP contribution is -2.38. The SMILES string of the molecule is Cc1nc(/C=C/C(=O)N2CCC(Cc3cnc(Nc4ccccn4)cn3)CC2)cs1. The zero-order valence-corrected chi connectivity index (χ0v) is 17.7. The van der Waals surface area contributed by atoms with Crippen LogP contribution in [-0.2, 0) is 11.2 Å². The molecule has 0 spiro atoms. The number of thiazole rings is 1. The number of hydrogen-bond acceptors (Lipinski definition) is 7. The van der Waals surface area contributed by atoms with Gasteiger partial charge in [0.2, 0.25) is 5.91 Å². The number of piperidine rings is 1. The molecular weight excluding hydrogens is 396 g/mol. The number of amides is 1. The van der Waals surface area contributed by atoms with Crippen LogP contribution in [0.5, 0.6) is 0 Å². The van der Waals surface area contributed by atoms with Crippen molar-refractivity contribution in [2.75, 3.05) is 18.4 Å². The molecule has 1 fully saturated rings. The molecule has 3 aromatic rings. The van der Waals surface area contributed by atoms with Crippen LogP contribution in [0.4, 0.5) is 11.6 Å². The third-order valence-corrected chi connectivity index (χ3v) is 5.88. The van der Waals surface area contributed by atoms with E-state index in [-0.39, 0.29) is 5.91 Å². The summed E-state index contributed by atoms with van der Waals surface area (Å²) in [6, 6.07) is 5.68. The maximum Gasteiger partial charge on any atom is 0.246 e. The van der Waals surface area contributed by atoms with Crippen LogP contribution in [0.3, 0.4) is 0 Å². The van der Waals surface area contributed by atoms with Crippen LogP contribution in [0, 0.1) is 12.8 Å². The number of pyridine rings is 1. The Hall–Kier alpha value is -3.13. The Morgan fingerprint density at radius 2 is 2.07 bits per heavy atom. The van der Waals surface area contributed by atoms with Gasteiger partial charge in [-0.1, -0.05) is 6.07 Å². The minimum atomic E-state index is 0.0591. The molecule has 1 amide bonds. The topological polar surface area (TPSA) is 83.9 Å². The number of likely N-dealkylation sites (tertiary alicyclic amines) is 1. The van der Waals surface area contributed by atoms with E-state index in [9.17, 15) is 4.79 Å². The van der Waals surface area contributed by atoms with E-state index in [0.29, 0.717) is 11.7 Å². The molecule has 1 N–H and O–H groups in total. The highest BCUT2D eigenvalue weighted by atomic mass is 32.1. The van der Waals surface area contributed by atoms with E-state index in [0.717, 1.165) is 54.6 Å². The Balaban J connectivity index is 1.24. The molecule has 0 aromatic carbocycles. The number of aryl methyl sites for hydroxylation is 1. The molecule has 0 unspecified atom stereocenters. The monoisotopic (exact) mass is 420 g/mol. The molecule has 4 heterocycles. The molecule has 0 aliphatic carbocycles. The van der Waals surface area contributed by atoms with Gasteiger partial charge in [-0.2, -0.15) is 0 Å². The summed E-state index contributed by atoms with van der Waals surface area (Å²) in [4.78, 5) is 31.9. The van der Waals surface area contributed by atoms with Gasteiger partial charge in [0.1, 0.15) is 11.6 Å². The van der Waals surface area contributed by atoms with Crippen molar-refractivity contribution in [3.05, 3.63) is 64.6 Å². The van der Waals surface area contributed by atoms with Crippen molar-refractivity contribution in [1.29, 1.82) is 0 Å². The summed E-state index contributed by atoms with van der Waals surface area (Å²) < 4.78 is 0. The molecule has 1 aliphatic rings. The van der Waals surface area contributed by atoms with Crippen molar-refractivity contribution in [1.82, 2.24) is 24.8 Å². The van der Waals surface area contributed by atoms with E-state index in [1.165, 1.54) is 0 Å². The van der Waals surface area contributed by atoms with Gasteiger partial charge in [-0.05, 0) is 50.3 Å². The zero-order chi connectivity index (χ0) is 20.8. The molecule has 1 aliphatic heterocycles. The van der Waals surface area contributed by atoms with Gasteiger partial charge in [-0.3, -0.25) is 9.78 Å². The van der Waals surface area contributed by atoms with Crippen LogP contribution in [0.25, 0.3) is 6.08 Å². The Bertz CT molecular complexity index is 994. The van der Waals surface area contributed by atoms with Crippen molar-refractivity contribution in [2.45, 2.75) is 26.2 Å². The Kier molecular flexibility index (Phi) is 6.44. The summed E-state index contributed by atoms with van der Waals surface area (Å²) in [5.74, 6) is 2.00. The van der Waals surface area contributed by atoms with Crippen LogP contribution < -0.4 is 5.32 Å². The minimum Gasteiger partial charge on any atom is -0.339 e. The average molecular weight is 421 g/mol. The summed E-state index contributed by atoms with van der Waals surface area (Å²) in [5, 5.41) is 6.11. The molecule has 7 nitrogen and oxygen atoms in total. The fraction of sp³-hybridized carbons (Fsp3) is 0.318. The fourth-order valence-electron chi connectivity index (χ4n) is 3.46. The minimum absolute atomic E-state index is 0.0591. The van der Waals surface area contributed by atoms with Gasteiger partial charge >= 0.3 is 0 Å². The summed E-state index contributed by atoms with van der Waals surface area (Å²) in [7, 11) is 0. The van der Waals surface area contributed by atoms with E-state index in [2.05, 4.69) is 25.3 Å². The van der Waals surface area contributed by atoms with Gasteiger partial charge < -0.3 is 10.2 Å². The molecule has 0 atom stereocenters. The van der Waals surface area contributed by atoms with Gasteiger partial charge in [-0.15, -0.1) is 11.3 Å². The molecule has 1 saturated heterocycles. The Morgan fingerprint density at radius 3 is 2.73 bits per heavy atom.